The number of ether oxygens (including phenoxy) is 1. The van der Waals surface area contributed by atoms with Crippen molar-refractivity contribution >= 4 is 11.9 Å². The van der Waals surface area contributed by atoms with Gasteiger partial charge in [0.15, 0.2) is 5.96 Å². The molecule has 1 amide bonds. The van der Waals surface area contributed by atoms with E-state index in [1.807, 2.05) is 45.9 Å². The molecule has 0 aromatic heterocycles. The Balaban J connectivity index is 2.04. The second-order valence-corrected chi connectivity index (χ2v) is 8.57. The summed E-state index contributed by atoms with van der Waals surface area (Å²) in [4.78, 5) is 16.6. The van der Waals surface area contributed by atoms with Crippen LogP contribution in [0.4, 0.5) is 0 Å². The first-order valence-electron chi connectivity index (χ1n) is 9.73. The highest BCUT2D eigenvalue weighted by Crippen LogP contribution is 2.39. The molecule has 0 saturated carbocycles. The van der Waals surface area contributed by atoms with Crippen LogP contribution in [0, 0.1) is 5.41 Å². The fourth-order valence-electron chi connectivity index (χ4n) is 3.02. The van der Waals surface area contributed by atoms with Gasteiger partial charge < -0.3 is 20.7 Å². The summed E-state index contributed by atoms with van der Waals surface area (Å²) in [5.41, 5.74) is 0.511. The van der Waals surface area contributed by atoms with Gasteiger partial charge in [0.2, 0.25) is 5.91 Å². The van der Waals surface area contributed by atoms with Crippen LogP contribution < -0.4 is 20.7 Å². The number of hydrogen-bond donors (Lipinski definition) is 3. The number of guanidine groups is 1. The van der Waals surface area contributed by atoms with Crippen LogP contribution in [0.5, 0.6) is 5.75 Å². The van der Waals surface area contributed by atoms with Crippen molar-refractivity contribution in [2.24, 2.45) is 10.4 Å². The van der Waals surface area contributed by atoms with Gasteiger partial charge in [-0.15, -0.1) is 0 Å². The Morgan fingerprint density at radius 2 is 1.96 bits per heavy atom. The van der Waals surface area contributed by atoms with E-state index in [1.165, 1.54) is 0 Å². The van der Waals surface area contributed by atoms with E-state index in [0.717, 1.165) is 30.2 Å². The van der Waals surface area contributed by atoms with Gasteiger partial charge in [0.1, 0.15) is 11.4 Å². The first-order chi connectivity index (χ1) is 12.6. The molecule has 1 aliphatic heterocycles. The molecule has 6 nitrogen and oxygen atoms in total. The predicted octanol–water partition coefficient (Wildman–Crippen LogP) is 3.01. The Labute approximate surface area is 163 Å². The van der Waals surface area contributed by atoms with Crippen LogP contribution in [0.1, 0.15) is 59.6 Å². The van der Waals surface area contributed by atoms with E-state index in [2.05, 4.69) is 40.9 Å². The topological polar surface area (TPSA) is 74.8 Å². The molecule has 0 spiro atoms. The fraction of sp³-hybridized carbons (Fsp3) is 0.619. The number of nitrogens with one attached hydrogen (secondary N) is 3. The molecular formula is C21H34N4O2. The van der Waals surface area contributed by atoms with Crippen molar-refractivity contribution in [2.75, 3.05) is 19.6 Å². The maximum Gasteiger partial charge on any atom is 0.225 e. The van der Waals surface area contributed by atoms with Gasteiger partial charge >= 0.3 is 0 Å². The molecule has 1 aromatic rings. The number of carbonyl (C=O) groups is 1. The summed E-state index contributed by atoms with van der Waals surface area (Å²) >= 11 is 0. The highest BCUT2D eigenvalue weighted by Gasteiger charge is 2.33. The van der Waals surface area contributed by atoms with Crippen molar-refractivity contribution in [2.45, 2.75) is 59.6 Å². The lowest BCUT2D eigenvalue weighted by Crippen LogP contribution is -2.45. The van der Waals surface area contributed by atoms with Crippen molar-refractivity contribution < 1.29 is 9.53 Å². The van der Waals surface area contributed by atoms with Crippen LogP contribution in [-0.2, 0) is 4.79 Å². The molecule has 2 rings (SSSR count). The minimum atomic E-state index is -0.385. The highest BCUT2D eigenvalue weighted by atomic mass is 16.5. The molecule has 0 saturated heterocycles. The van der Waals surface area contributed by atoms with Crippen LogP contribution in [0.15, 0.2) is 29.3 Å². The zero-order valence-electron chi connectivity index (χ0n) is 17.5. The molecular weight excluding hydrogens is 340 g/mol. The Hall–Kier alpha value is -2.24. The average molecular weight is 375 g/mol. The summed E-state index contributed by atoms with van der Waals surface area (Å²) in [5.74, 6) is 1.70. The number of carbonyl (C=O) groups excluding carboxylic acids is 1. The number of rotatable bonds is 5. The number of nitrogens with zero attached hydrogens (tertiary/aromatic N) is 1. The summed E-state index contributed by atoms with van der Waals surface area (Å²) in [6, 6.07) is 8.24. The molecule has 0 radical (unpaired) electrons. The number of aliphatic imine (C=N–C) groups is 1. The zero-order chi connectivity index (χ0) is 20.1. The number of para-hydroxylation sites is 1. The Bertz CT molecular complexity index is 677. The van der Waals surface area contributed by atoms with Gasteiger partial charge in [-0.05, 0) is 26.8 Å². The lowest BCUT2D eigenvalue weighted by molar-refractivity contribution is -0.128. The van der Waals surface area contributed by atoms with Crippen molar-refractivity contribution in [3.05, 3.63) is 29.8 Å². The first kappa shape index (κ1) is 21.1. The van der Waals surface area contributed by atoms with E-state index in [9.17, 15) is 4.79 Å². The summed E-state index contributed by atoms with van der Waals surface area (Å²) in [7, 11) is 0. The van der Waals surface area contributed by atoms with Crippen LogP contribution in [0.2, 0.25) is 0 Å². The van der Waals surface area contributed by atoms with Gasteiger partial charge in [-0.25, -0.2) is 0 Å². The van der Waals surface area contributed by atoms with E-state index < -0.39 is 0 Å². The monoisotopic (exact) mass is 374 g/mol. The standard InChI is InChI=1S/C21H34N4O2/c1-7-22-19(24-13-12-23-18(26)20(2,3)4)25-16-14-21(5,6)27-17-11-9-8-10-15(16)17/h8-11,16H,7,12-14H2,1-6H3,(H,23,26)(H2,22,24,25). The molecule has 27 heavy (non-hydrogen) atoms. The van der Waals surface area contributed by atoms with Crippen molar-refractivity contribution in [3.63, 3.8) is 0 Å². The molecule has 6 heteroatoms. The largest absolute Gasteiger partial charge is 0.487 e. The minimum absolute atomic E-state index is 0.0377. The van der Waals surface area contributed by atoms with E-state index in [1.54, 1.807) is 0 Å². The molecule has 1 atom stereocenters. The Morgan fingerprint density at radius 3 is 2.63 bits per heavy atom. The average Bonchev–Trinajstić information content (AvgIpc) is 2.56. The third-order valence-electron chi connectivity index (χ3n) is 4.38. The molecule has 0 bridgehead atoms. The SMILES string of the molecule is CCNC(=NCCNC(=O)C(C)(C)C)NC1CC(C)(C)Oc2ccccc21. The summed E-state index contributed by atoms with van der Waals surface area (Å²) in [6.07, 6.45) is 0.842. The molecule has 0 aliphatic carbocycles. The molecule has 3 N–H and O–H groups in total. The van der Waals surface area contributed by atoms with Crippen molar-refractivity contribution in [1.82, 2.24) is 16.0 Å². The molecule has 1 aromatic carbocycles. The second kappa shape index (κ2) is 8.63. The predicted molar refractivity (Wildman–Crippen MR) is 110 cm³/mol. The minimum Gasteiger partial charge on any atom is -0.487 e. The van der Waals surface area contributed by atoms with Crippen LogP contribution in [-0.4, -0.2) is 37.1 Å². The Kier molecular flexibility index (Phi) is 6.73. The lowest BCUT2D eigenvalue weighted by atomic mass is 9.90. The maximum atomic E-state index is 12.0. The normalized spacial score (nSPS) is 18.9. The number of benzene rings is 1. The van der Waals surface area contributed by atoms with Gasteiger partial charge in [0.25, 0.3) is 0 Å². The first-order valence-corrected chi connectivity index (χ1v) is 9.73. The summed E-state index contributed by atoms with van der Waals surface area (Å²) in [5, 5.41) is 9.76. The van der Waals surface area contributed by atoms with Crippen molar-refractivity contribution in [1.29, 1.82) is 0 Å². The van der Waals surface area contributed by atoms with E-state index in [0.29, 0.717) is 13.1 Å². The van der Waals surface area contributed by atoms with Crippen LogP contribution >= 0.6 is 0 Å². The number of hydrogen-bond acceptors (Lipinski definition) is 3. The maximum absolute atomic E-state index is 12.0. The van der Waals surface area contributed by atoms with E-state index >= 15 is 0 Å². The van der Waals surface area contributed by atoms with Crippen LogP contribution in [0.25, 0.3) is 0 Å². The molecule has 1 heterocycles. The van der Waals surface area contributed by atoms with E-state index in [4.69, 9.17) is 4.74 Å². The lowest BCUT2D eigenvalue weighted by Gasteiger charge is -2.38. The molecule has 0 fully saturated rings. The summed E-state index contributed by atoms with van der Waals surface area (Å²) in [6.45, 7) is 13.8. The molecule has 1 unspecified atom stereocenters. The van der Waals surface area contributed by atoms with Gasteiger partial charge in [-0.1, -0.05) is 39.0 Å². The number of amides is 1. The fourth-order valence-corrected chi connectivity index (χ4v) is 3.02. The third-order valence-corrected chi connectivity index (χ3v) is 4.38. The smallest absolute Gasteiger partial charge is 0.225 e. The van der Waals surface area contributed by atoms with E-state index in [-0.39, 0.29) is 23.0 Å². The van der Waals surface area contributed by atoms with Crippen LogP contribution in [0.3, 0.4) is 0 Å². The van der Waals surface area contributed by atoms with Gasteiger partial charge in [-0.2, -0.15) is 0 Å². The van der Waals surface area contributed by atoms with Gasteiger partial charge in [0, 0.05) is 30.5 Å². The Morgan fingerprint density at radius 1 is 1.26 bits per heavy atom. The van der Waals surface area contributed by atoms with Gasteiger partial charge in [-0.3, -0.25) is 9.79 Å². The zero-order valence-corrected chi connectivity index (χ0v) is 17.5. The highest BCUT2D eigenvalue weighted by molar-refractivity contribution is 5.82. The van der Waals surface area contributed by atoms with Gasteiger partial charge in [0.05, 0.1) is 12.6 Å². The molecule has 1 aliphatic rings. The van der Waals surface area contributed by atoms with Crippen molar-refractivity contribution in [3.8, 4) is 5.75 Å². The third kappa shape index (κ3) is 6.15. The summed E-state index contributed by atoms with van der Waals surface area (Å²) < 4.78 is 6.10. The quantitative estimate of drug-likeness (QED) is 0.421. The number of fused-ring (bicyclic) bond motifs is 1. The molecule has 150 valence electrons. The second-order valence-electron chi connectivity index (χ2n) is 8.57.